The molecule has 0 unspecified atom stereocenters. The summed E-state index contributed by atoms with van der Waals surface area (Å²) in [5, 5.41) is 23.5. The first-order valence-corrected chi connectivity index (χ1v) is 18.4. The minimum absolute atomic E-state index is 0.109. The van der Waals surface area contributed by atoms with Gasteiger partial charge in [-0.05, 0) is 48.5 Å². The molecule has 7 atom stereocenters. The molecular formula is C38H64N6O7. The molecule has 0 aliphatic rings. The number of benzene rings is 1. The van der Waals surface area contributed by atoms with Crippen molar-refractivity contribution in [3.8, 4) is 0 Å². The monoisotopic (exact) mass is 716 g/mol. The summed E-state index contributed by atoms with van der Waals surface area (Å²) in [6.07, 6.45) is 2.83. The number of hydrogen-bond acceptors (Lipinski definition) is 7. The van der Waals surface area contributed by atoms with Crippen LogP contribution in [-0.4, -0.2) is 76.9 Å². The predicted molar refractivity (Wildman–Crippen MR) is 198 cm³/mol. The second-order valence-electron chi connectivity index (χ2n) is 14.8. The van der Waals surface area contributed by atoms with Crippen LogP contribution in [0.1, 0.15) is 106 Å². The van der Waals surface area contributed by atoms with Crippen LogP contribution in [0.4, 0.5) is 0 Å². The summed E-state index contributed by atoms with van der Waals surface area (Å²) in [7, 11) is 0. The van der Waals surface area contributed by atoms with Crippen LogP contribution >= 0.6 is 0 Å². The molecule has 0 heterocycles. The first-order chi connectivity index (χ1) is 23.9. The third kappa shape index (κ3) is 16.3. The van der Waals surface area contributed by atoms with Gasteiger partial charge in [0.15, 0.2) is 0 Å². The topological polar surface area (TPSA) is 209 Å². The lowest BCUT2D eigenvalue weighted by Gasteiger charge is -2.31. The number of nitrogens with one attached hydrogen (secondary N) is 5. The van der Waals surface area contributed by atoms with Crippen LogP contribution in [0.3, 0.4) is 0 Å². The van der Waals surface area contributed by atoms with Gasteiger partial charge < -0.3 is 37.4 Å². The van der Waals surface area contributed by atoms with Crippen LogP contribution in [0.25, 0.3) is 0 Å². The molecule has 1 rings (SSSR count). The smallest absolute Gasteiger partial charge is 0.326 e. The van der Waals surface area contributed by atoms with Crippen LogP contribution in [0.2, 0.25) is 0 Å². The Labute approximate surface area is 304 Å². The summed E-state index contributed by atoms with van der Waals surface area (Å²) < 4.78 is 0. The average molecular weight is 717 g/mol. The van der Waals surface area contributed by atoms with E-state index < -0.39 is 65.8 Å². The van der Waals surface area contributed by atoms with Crippen LogP contribution in [0.15, 0.2) is 30.3 Å². The number of unbranched alkanes of at least 4 members (excludes halogenated alkanes) is 1. The minimum atomic E-state index is -1.17. The number of carbonyl (C=O) groups excluding carboxylic acids is 5. The Morgan fingerprint density at radius 1 is 0.706 bits per heavy atom. The number of carboxylic acid groups (broad SMARTS) is 1. The van der Waals surface area contributed by atoms with Gasteiger partial charge in [0.1, 0.15) is 24.2 Å². The summed E-state index contributed by atoms with van der Waals surface area (Å²) in [5.41, 5.74) is 7.48. The summed E-state index contributed by atoms with van der Waals surface area (Å²) in [4.78, 5) is 78.2. The molecule has 51 heavy (non-hydrogen) atoms. The molecule has 0 aliphatic heterocycles. The zero-order valence-corrected chi connectivity index (χ0v) is 32.1. The van der Waals surface area contributed by atoms with E-state index in [0.29, 0.717) is 25.7 Å². The first kappa shape index (κ1) is 45.0. The largest absolute Gasteiger partial charge is 0.480 e. The van der Waals surface area contributed by atoms with E-state index in [4.69, 9.17) is 5.73 Å². The third-order valence-corrected chi connectivity index (χ3v) is 8.97. The molecule has 1 aromatic carbocycles. The van der Waals surface area contributed by atoms with Gasteiger partial charge in [0.2, 0.25) is 29.5 Å². The van der Waals surface area contributed by atoms with Gasteiger partial charge in [-0.2, -0.15) is 0 Å². The van der Waals surface area contributed by atoms with E-state index in [1.54, 1.807) is 34.6 Å². The molecule has 8 N–H and O–H groups in total. The van der Waals surface area contributed by atoms with Gasteiger partial charge in [0.25, 0.3) is 0 Å². The van der Waals surface area contributed by atoms with E-state index in [0.717, 1.165) is 12.0 Å². The number of carboxylic acids is 1. The Balaban J connectivity index is 3.23. The standard InChI is InChI=1S/C38H64N6O7/c1-10-12-18-30(45)40-29(19-22(3)4)35(47)43-32(23(5)6)36(48)41-28(20-26-16-14-13-15-17-26)27(39)21-31(46)42-34(25(9)11-2)37(49)44-33(24(7)8)38(50)51/h13-17,22-25,27-29,32-34H,10-12,18-21,39H2,1-9H3,(H,40,45)(H,41,48)(H,42,46)(H,43,47)(H,44,49)(H,50,51)/t25-,27-,28-,29-,32-,33-,34-/m0/s1. The SMILES string of the molecule is CCCCC(=O)N[C@@H](CC(C)C)C(=O)N[C@H](C(=O)N[C@@H](Cc1ccccc1)[C@@H](N)CC(=O)N[C@H](C(=O)N[C@H](C(=O)O)C(C)C)[C@@H](C)CC)C(C)C. The normalized spacial score (nSPS) is 15.5. The molecule has 288 valence electrons. The van der Waals surface area contributed by atoms with E-state index in [9.17, 15) is 33.9 Å². The summed E-state index contributed by atoms with van der Waals surface area (Å²) in [6, 6.07) is 3.79. The van der Waals surface area contributed by atoms with Crippen molar-refractivity contribution in [2.75, 3.05) is 0 Å². The third-order valence-electron chi connectivity index (χ3n) is 8.97. The summed E-state index contributed by atoms with van der Waals surface area (Å²) in [5.74, 6) is -4.36. The van der Waals surface area contributed by atoms with Gasteiger partial charge in [-0.3, -0.25) is 24.0 Å². The van der Waals surface area contributed by atoms with Crippen molar-refractivity contribution < 1.29 is 33.9 Å². The van der Waals surface area contributed by atoms with Gasteiger partial charge in [-0.1, -0.05) is 105 Å². The van der Waals surface area contributed by atoms with E-state index >= 15 is 0 Å². The molecule has 13 heteroatoms. The molecule has 0 saturated carbocycles. The zero-order valence-electron chi connectivity index (χ0n) is 32.1. The molecule has 0 fully saturated rings. The van der Waals surface area contributed by atoms with Crippen molar-refractivity contribution in [2.24, 2.45) is 29.4 Å². The molecule has 0 bridgehead atoms. The highest BCUT2D eigenvalue weighted by atomic mass is 16.4. The van der Waals surface area contributed by atoms with Crippen LogP contribution in [0.5, 0.6) is 0 Å². The van der Waals surface area contributed by atoms with Crippen molar-refractivity contribution in [3.05, 3.63) is 35.9 Å². The maximum Gasteiger partial charge on any atom is 0.326 e. The predicted octanol–water partition coefficient (Wildman–Crippen LogP) is 3.05. The van der Waals surface area contributed by atoms with E-state index in [-0.39, 0.29) is 42.4 Å². The molecule has 0 saturated heterocycles. The fourth-order valence-corrected chi connectivity index (χ4v) is 5.59. The van der Waals surface area contributed by atoms with Gasteiger partial charge in [0, 0.05) is 24.9 Å². The molecule has 1 aromatic rings. The molecule has 0 aromatic heterocycles. The number of rotatable bonds is 23. The van der Waals surface area contributed by atoms with Crippen LogP contribution in [-0.2, 0) is 35.2 Å². The van der Waals surface area contributed by atoms with Crippen molar-refractivity contribution in [2.45, 2.75) is 144 Å². The number of carbonyl (C=O) groups is 6. The minimum Gasteiger partial charge on any atom is -0.480 e. The average Bonchev–Trinajstić information content (AvgIpc) is 3.05. The quantitative estimate of drug-likeness (QED) is 0.0893. The maximum absolute atomic E-state index is 13.9. The van der Waals surface area contributed by atoms with Gasteiger partial charge in [-0.15, -0.1) is 0 Å². The van der Waals surface area contributed by atoms with Crippen LogP contribution in [0, 0.1) is 23.7 Å². The lowest BCUT2D eigenvalue weighted by atomic mass is 9.94. The number of amides is 5. The van der Waals surface area contributed by atoms with E-state index in [1.165, 1.54) is 0 Å². The van der Waals surface area contributed by atoms with E-state index in [1.807, 2.05) is 58.0 Å². The van der Waals surface area contributed by atoms with Crippen molar-refractivity contribution in [1.29, 1.82) is 0 Å². The first-order valence-electron chi connectivity index (χ1n) is 18.4. The highest BCUT2D eigenvalue weighted by molar-refractivity contribution is 5.93. The highest BCUT2D eigenvalue weighted by Crippen LogP contribution is 2.14. The van der Waals surface area contributed by atoms with Crippen LogP contribution < -0.4 is 32.3 Å². The highest BCUT2D eigenvalue weighted by Gasteiger charge is 2.34. The fraction of sp³-hybridized carbons (Fsp3) is 0.684. The van der Waals surface area contributed by atoms with E-state index in [2.05, 4.69) is 26.6 Å². The second kappa shape index (κ2) is 22.7. The number of nitrogens with two attached hydrogens (primary N) is 1. The van der Waals surface area contributed by atoms with Crippen molar-refractivity contribution in [1.82, 2.24) is 26.6 Å². The number of aliphatic carboxylic acids is 1. The molecule has 13 nitrogen and oxygen atoms in total. The zero-order chi connectivity index (χ0) is 38.8. The number of hydrogen-bond donors (Lipinski definition) is 7. The van der Waals surface area contributed by atoms with Gasteiger partial charge in [-0.25, -0.2) is 4.79 Å². The van der Waals surface area contributed by atoms with Crippen molar-refractivity contribution in [3.63, 3.8) is 0 Å². The molecular weight excluding hydrogens is 652 g/mol. The molecule has 0 spiro atoms. The second-order valence-corrected chi connectivity index (χ2v) is 14.8. The molecule has 0 radical (unpaired) electrons. The van der Waals surface area contributed by atoms with Gasteiger partial charge >= 0.3 is 5.97 Å². The summed E-state index contributed by atoms with van der Waals surface area (Å²) in [6.45, 7) is 16.5. The Morgan fingerprint density at radius 3 is 1.78 bits per heavy atom. The lowest BCUT2D eigenvalue weighted by molar-refractivity contribution is -0.143. The maximum atomic E-state index is 13.9. The fourth-order valence-electron chi connectivity index (χ4n) is 5.59. The molecule has 0 aliphatic carbocycles. The Bertz CT molecular complexity index is 1270. The Kier molecular flexibility index (Phi) is 20.1. The lowest BCUT2D eigenvalue weighted by Crippen LogP contribution is -2.60. The van der Waals surface area contributed by atoms with Crippen molar-refractivity contribution >= 4 is 35.5 Å². The summed E-state index contributed by atoms with van der Waals surface area (Å²) >= 11 is 0. The Morgan fingerprint density at radius 2 is 1.27 bits per heavy atom. The molecule has 5 amide bonds. The Hall–Kier alpha value is -4.00. The van der Waals surface area contributed by atoms with Gasteiger partial charge in [0.05, 0.1) is 0 Å².